The number of carbonyl (C=O) groups excluding carboxylic acids is 1. The van der Waals surface area contributed by atoms with Crippen LogP contribution in [-0.4, -0.2) is 30.8 Å². The topological polar surface area (TPSA) is 55.1 Å². The first-order valence-corrected chi connectivity index (χ1v) is 4.17. The van der Waals surface area contributed by atoms with Gasteiger partial charge in [0.05, 0.1) is 0 Å². The second-order valence-electron chi connectivity index (χ2n) is 2.75. The maximum atomic E-state index is 13.4. The highest BCUT2D eigenvalue weighted by molar-refractivity contribution is 5.88. The van der Waals surface area contributed by atoms with E-state index in [0.29, 0.717) is 0 Å². The number of nitrogens with two attached hydrogens (primary N) is 1. The zero-order valence-corrected chi connectivity index (χ0v) is 8.07. The predicted molar refractivity (Wildman–Crippen MR) is 46.8 cm³/mol. The minimum absolute atomic E-state index is 0.0600. The van der Waals surface area contributed by atoms with E-state index in [0.717, 1.165) is 6.08 Å². The number of alkyl halides is 4. The Bertz CT molecular complexity index is 252. The molecule has 0 radical (unpaired) electrons. The van der Waals surface area contributed by atoms with Crippen LogP contribution in [0.3, 0.4) is 0 Å². The summed E-state index contributed by atoms with van der Waals surface area (Å²) < 4.78 is 50.1. The first kappa shape index (κ1) is 13.9. The van der Waals surface area contributed by atoms with E-state index in [1.807, 2.05) is 0 Å². The van der Waals surface area contributed by atoms with Crippen LogP contribution in [-0.2, 0) is 4.79 Å². The smallest absolute Gasteiger partial charge is 0.351 e. The summed E-state index contributed by atoms with van der Waals surface area (Å²) in [6.45, 7) is 0.921. The average Bonchev–Trinajstić information content (AvgIpc) is 2.12. The highest BCUT2D eigenvalue weighted by atomic mass is 19.4. The summed E-state index contributed by atoms with van der Waals surface area (Å²) in [5.41, 5.74) is 0.977. The van der Waals surface area contributed by atoms with Gasteiger partial charge in [-0.1, -0.05) is 6.08 Å². The van der Waals surface area contributed by atoms with Gasteiger partial charge in [0, 0.05) is 13.1 Å². The molecule has 0 spiro atoms. The molecule has 88 valence electrons. The van der Waals surface area contributed by atoms with Crippen molar-refractivity contribution in [2.24, 2.45) is 5.73 Å². The fourth-order valence-corrected chi connectivity index (χ4v) is 0.843. The quantitative estimate of drug-likeness (QED) is 0.555. The van der Waals surface area contributed by atoms with Crippen molar-refractivity contribution < 1.29 is 22.4 Å². The van der Waals surface area contributed by atoms with E-state index in [1.165, 1.54) is 6.92 Å². The van der Waals surface area contributed by atoms with E-state index in [1.54, 1.807) is 5.32 Å². The minimum Gasteiger partial charge on any atom is -0.351 e. The zero-order valence-electron chi connectivity index (χ0n) is 8.07. The second kappa shape index (κ2) is 5.11. The fraction of sp³-hybridized carbons (Fsp3) is 0.625. The fourth-order valence-electron chi connectivity index (χ4n) is 0.843. The van der Waals surface area contributed by atoms with Crippen LogP contribution in [0.15, 0.2) is 12.2 Å². The number of hydrogen-bond donors (Lipinski definition) is 2. The van der Waals surface area contributed by atoms with Crippen molar-refractivity contribution >= 4 is 5.91 Å². The molecule has 0 aliphatic carbocycles. The lowest BCUT2D eigenvalue weighted by Gasteiger charge is -2.23. The van der Waals surface area contributed by atoms with Crippen molar-refractivity contribution in [2.75, 3.05) is 13.1 Å². The first-order valence-electron chi connectivity index (χ1n) is 4.17. The molecule has 0 rings (SSSR count). The molecule has 1 amide bonds. The van der Waals surface area contributed by atoms with Gasteiger partial charge in [0.2, 0.25) is 0 Å². The van der Waals surface area contributed by atoms with Crippen molar-refractivity contribution in [3.05, 3.63) is 12.2 Å². The van der Waals surface area contributed by atoms with Crippen LogP contribution in [0.4, 0.5) is 17.6 Å². The molecule has 0 bridgehead atoms. The van der Waals surface area contributed by atoms with Crippen LogP contribution in [0, 0.1) is 0 Å². The SMILES string of the molecule is C/C=C/C(F)(C(=O)NCCN)C(F)(F)F. The van der Waals surface area contributed by atoms with Crippen LogP contribution in [0.1, 0.15) is 6.92 Å². The standard InChI is InChI=1S/C8H12F4N2O/c1-2-3-7(9,8(10,11)12)6(15)14-5-4-13/h2-3H,4-5,13H2,1H3,(H,14,15)/b3-2+. The largest absolute Gasteiger partial charge is 0.435 e. The maximum Gasteiger partial charge on any atom is 0.435 e. The summed E-state index contributed by atoms with van der Waals surface area (Å²) in [5, 5.41) is 1.75. The van der Waals surface area contributed by atoms with Gasteiger partial charge in [-0.2, -0.15) is 13.2 Å². The number of carbonyl (C=O) groups is 1. The highest BCUT2D eigenvalue weighted by Gasteiger charge is 2.59. The molecule has 0 aromatic rings. The number of amides is 1. The molecule has 0 aromatic heterocycles. The summed E-state index contributed by atoms with van der Waals surface area (Å²) in [7, 11) is 0. The van der Waals surface area contributed by atoms with Gasteiger partial charge in [-0.3, -0.25) is 4.79 Å². The predicted octanol–water partition coefficient (Wildman–Crippen LogP) is 0.908. The van der Waals surface area contributed by atoms with Gasteiger partial charge in [0.25, 0.3) is 5.91 Å². The molecular weight excluding hydrogens is 216 g/mol. The summed E-state index contributed by atoms with van der Waals surface area (Å²) >= 11 is 0. The molecule has 7 heteroatoms. The zero-order chi connectivity index (χ0) is 12.1. The Labute approximate surface area is 84.3 Å². The Morgan fingerprint density at radius 1 is 1.40 bits per heavy atom. The van der Waals surface area contributed by atoms with Crippen molar-refractivity contribution in [1.82, 2.24) is 5.32 Å². The van der Waals surface area contributed by atoms with E-state index in [-0.39, 0.29) is 19.2 Å². The summed E-state index contributed by atoms with van der Waals surface area (Å²) in [5.74, 6) is -1.75. The summed E-state index contributed by atoms with van der Waals surface area (Å²) in [6, 6.07) is 0. The Hall–Kier alpha value is -1.11. The van der Waals surface area contributed by atoms with Gasteiger partial charge in [-0.05, 0) is 13.0 Å². The Balaban J connectivity index is 4.88. The lowest BCUT2D eigenvalue weighted by atomic mass is 10.0. The van der Waals surface area contributed by atoms with Crippen LogP contribution in [0.2, 0.25) is 0 Å². The molecule has 0 saturated heterocycles. The first-order chi connectivity index (χ1) is 6.79. The Morgan fingerprint density at radius 3 is 2.27 bits per heavy atom. The third kappa shape index (κ3) is 3.19. The van der Waals surface area contributed by atoms with Crippen LogP contribution in [0.25, 0.3) is 0 Å². The number of allylic oxidation sites excluding steroid dienone is 1. The number of hydrogen-bond acceptors (Lipinski definition) is 2. The Kier molecular flexibility index (Phi) is 4.73. The van der Waals surface area contributed by atoms with E-state index >= 15 is 0 Å². The van der Waals surface area contributed by atoms with Crippen molar-refractivity contribution in [1.29, 1.82) is 0 Å². The van der Waals surface area contributed by atoms with E-state index in [9.17, 15) is 22.4 Å². The van der Waals surface area contributed by atoms with Gasteiger partial charge in [0.15, 0.2) is 0 Å². The normalized spacial score (nSPS) is 16.4. The van der Waals surface area contributed by atoms with Gasteiger partial charge >= 0.3 is 11.8 Å². The van der Waals surface area contributed by atoms with Crippen LogP contribution < -0.4 is 11.1 Å². The molecule has 0 aromatic carbocycles. The average molecular weight is 228 g/mol. The van der Waals surface area contributed by atoms with Crippen LogP contribution >= 0.6 is 0 Å². The van der Waals surface area contributed by atoms with Gasteiger partial charge in [-0.25, -0.2) is 4.39 Å². The summed E-state index contributed by atoms with van der Waals surface area (Å²) in [6.07, 6.45) is -4.29. The molecule has 1 unspecified atom stereocenters. The highest BCUT2D eigenvalue weighted by Crippen LogP contribution is 2.35. The van der Waals surface area contributed by atoms with Crippen molar-refractivity contribution in [2.45, 2.75) is 18.8 Å². The molecule has 0 fully saturated rings. The molecule has 3 nitrogen and oxygen atoms in total. The molecule has 0 heterocycles. The number of halogens is 4. The van der Waals surface area contributed by atoms with Crippen molar-refractivity contribution in [3.8, 4) is 0 Å². The van der Waals surface area contributed by atoms with Gasteiger partial charge < -0.3 is 11.1 Å². The summed E-state index contributed by atoms with van der Waals surface area (Å²) in [4.78, 5) is 10.9. The second-order valence-corrected chi connectivity index (χ2v) is 2.75. The van der Waals surface area contributed by atoms with Crippen LogP contribution in [0.5, 0.6) is 0 Å². The lowest BCUT2D eigenvalue weighted by Crippen LogP contribution is -2.53. The minimum atomic E-state index is -5.28. The van der Waals surface area contributed by atoms with E-state index < -0.39 is 17.8 Å². The maximum absolute atomic E-state index is 13.4. The Morgan fingerprint density at radius 2 is 1.93 bits per heavy atom. The van der Waals surface area contributed by atoms with Gasteiger partial charge in [0.1, 0.15) is 0 Å². The molecule has 3 N–H and O–H groups in total. The molecule has 0 aliphatic rings. The molecule has 0 saturated carbocycles. The number of nitrogens with one attached hydrogen (secondary N) is 1. The molecule has 1 atom stereocenters. The third-order valence-corrected chi connectivity index (χ3v) is 1.57. The molecule has 15 heavy (non-hydrogen) atoms. The molecule has 0 aliphatic heterocycles. The van der Waals surface area contributed by atoms with E-state index in [4.69, 9.17) is 5.73 Å². The lowest BCUT2D eigenvalue weighted by molar-refractivity contribution is -0.211. The van der Waals surface area contributed by atoms with Crippen molar-refractivity contribution in [3.63, 3.8) is 0 Å². The van der Waals surface area contributed by atoms with Gasteiger partial charge in [-0.15, -0.1) is 0 Å². The van der Waals surface area contributed by atoms with E-state index in [2.05, 4.69) is 0 Å². The third-order valence-electron chi connectivity index (χ3n) is 1.57. The molecular formula is C8H12F4N2O. The number of rotatable bonds is 4. The monoisotopic (exact) mass is 228 g/mol.